The zero-order valence-electron chi connectivity index (χ0n) is 15.4. The van der Waals surface area contributed by atoms with Gasteiger partial charge in [-0.05, 0) is 35.0 Å². The summed E-state index contributed by atoms with van der Waals surface area (Å²) in [7, 11) is -3.10. The molecule has 0 spiro atoms. The molecule has 1 heterocycles. The maximum Gasteiger partial charge on any atom is 0.342 e. The third kappa shape index (κ3) is 3.68. The SMILES string of the molecule is Cn1cc(C(C(=O)Nc2ccc3ccccc3c2)P(=O)(O)O)c2c(Cl)cccc21. The molecule has 3 N–H and O–H groups in total. The largest absolute Gasteiger partial charge is 0.350 e. The number of rotatable bonds is 4. The third-order valence-corrected chi connectivity index (χ3v) is 6.39. The Morgan fingerprint density at radius 2 is 1.79 bits per heavy atom. The predicted molar refractivity (Wildman–Crippen MR) is 115 cm³/mol. The van der Waals surface area contributed by atoms with Crippen LogP contribution in [-0.4, -0.2) is 20.3 Å². The van der Waals surface area contributed by atoms with Crippen LogP contribution in [0.15, 0.2) is 66.9 Å². The van der Waals surface area contributed by atoms with E-state index in [-0.39, 0.29) is 5.56 Å². The third-order valence-electron chi connectivity index (χ3n) is 4.89. The molecule has 0 saturated heterocycles. The quantitative estimate of drug-likeness (QED) is 0.405. The lowest BCUT2D eigenvalue weighted by Crippen LogP contribution is -2.21. The highest BCUT2D eigenvalue weighted by Gasteiger charge is 2.39. The molecule has 1 aromatic heterocycles. The van der Waals surface area contributed by atoms with Gasteiger partial charge in [0.1, 0.15) is 0 Å². The molecule has 4 rings (SSSR count). The Balaban J connectivity index is 1.78. The number of carbonyl (C=O) groups excluding carboxylic acids is 1. The minimum absolute atomic E-state index is 0.194. The summed E-state index contributed by atoms with van der Waals surface area (Å²) in [4.78, 5) is 33.0. The molecular formula is C21H18ClN2O4P. The van der Waals surface area contributed by atoms with Crippen molar-refractivity contribution in [3.05, 3.63) is 77.4 Å². The minimum atomic E-state index is -4.83. The molecule has 0 bridgehead atoms. The number of aryl methyl sites for hydroxylation is 1. The van der Waals surface area contributed by atoms with Crippen molar-refractivity contribution in [2.45, 2.75) is 5.66 Å². The van der Waals surface area contributed by atoms with Gasteiger partial charge in [0.25, 0.3) is 0 Å². The van der Waals surface area contributed by atoms with Gasteiger partial charge in [0.15, 0.2) is 5.66 Å². The molecule has 1 atom stereocenters. The van der Waals surface area contributed by atoms with E-state index in [0.717, 1.165) is 10.8 Å². The summed E-state index contributed by atoms with van der Waals surface area (Å²) in [6.07, 6.45) is 1.54. The van der Waals surface area contributed by atoms with Crippen LogP contribution < -0.4 is 5.32 Å². The highest BCUT2D eigenvalue weighted by molar-refractivity contribution is 7.53. The van der Waals surface area contributed by atoms with Crippen molar-refractivity contribution in [1.82, 2.24) is 4.57 Å². The van der Waals surface area contributed by atoms with Crippen LogP contribution in [0.4, 0.5) is 5.69 Å². The van der Waals surface area contributed by atoms with E-state index < -0.39 is 19.2 Å². The first kappa shape index (κ1) is 19.7. The number of nitrogens with one attached hydrogen (secondary N) is 1. The first-order valence-corrected chi connectivity index (χ1v) is 10.9. The van der Waals surface area contributed by atoms with Crippen LogP contribution >= 0.6 is 19.2 Å². The number of nitrogens with zero attached hydrogens (tertiary/aromatic N) is 1. The molecule has 1 amide bonds. The van der Waals surface area contributed by atoms with E-state index in [9.17, 15) is 19.1 Å². The lowest BCUT2D eigenvalue weighted by atomic mass is 10.1. The first-order valence-electron chi connectivity index (χ1n) is 8.84. The van der Waals surface area contributed by atoms with E-state index >= 15 is 0 Å². The number of benzene rings is 3. The van der Waals surface area contributed by atoms with Gasteiger partial charge in [-0.1, -0.05) is 48.0 Å². The average molecular weight is 429 g/mol. The summed E-state index contributed by atoms with van der Waals surface area (Å²) >= 11 is 6.30. The summed E-state index contributed by atoms with van der Waals surface area (Å²) in [6, 6.07) is 18.1. The topological polar surface area (TPSA) is 91.6 Å². The number of amides is 1. The minimum Gasteiger partial charge on any atom is -0.350 e. The fourth-order valence-electron chi connectivity index (χ4n) is 3.60. The molecular weight excluding hydrogens is 411 g/mol. The smallest absolute Gasteiger partial charge is 0.342 e. The summed E-state index contributed by atoms with van der Waals surface area (Å²) in [5, 5.41) is 5.34. The molecule has 8 heteroatoms. The normalized spacial score (nSPS) is 13.0. The number of hydrogen-bond acceptors (Lipinski definition) is 2. The molecule has 0 aliphatic rings. The van der Waals surface area contributed by atoms with E-state index in [1.54, 1.807) is 48.1 Å². The van der Waals surface area contributed by atoms with Crippen molar-refractivity contribution in [3.8, 4) is 0 Å². The maximum absolute atomic E-state index is 13.0. The highest BCUT2D eigenvalue weighted by atomic mass is 35.5. The second kappa shape index (κ2) is 7.32. The Morgan fingerprint density at radius 1 is 1.07 bits per heavy atom. The van der Waals surface area contributed by atoms with Crippen LogP contribution in [0.3, 0.4) is 0 Å². The molecule has 0 fully saturated rings. The van der Waals surface area contributed by atoms with Crippen molar-refractivity contribution in [1.29, 1.82) is 0 Å². The van der Waals surface area contributed by atoms with E-state index in [1.807, 2.05) is 30.3 Å². The van der Waals surface area contributed by atoms with Crippen molar-refractivity contribution in [2.75, 3.05) is 5.32 Å². The summed E-state index contributed by atoms with van der Waals surface area (Å²) in [5.41, 5.74) is -0.347. The zero-order valence-corrected chi connectivity index (χ0v) is 17.1. The Bertz CT molecular complexity index is 1290. The van der Waals surface area contributed by atoms with Gasteiger partial charge in [-0.2, -0.15) is 0 Å². The number of fused-ring (bicyclic) bond motifs is 2. The molecule has 4 aromatic rings. The van der Waals surface area contributed by atoms with Gasteiger partial charge in [0.2, 0.25) is 5.91 Å². The number of hydrogen-bond donors (Lipinski definition) is 3. The van der Waals surface area contributed by atoms with Crippen molar-refractivity contribution < 1.29 is 19.1 Å². The average Bonchev–Trinajstić information content (AvgIpc) is 2.98. The van der Waals surface area contributed by atoms with Crippen molar-refractivity contribution in [3.63, 3.8) is 0 Å². The second-order valence-corrected chi connectivity index (χ2v) is 8.97. The van der Waals surface area contributed by atoms with E-state index in [4.69, 9.17) is 11.6 Å². The fraction of sp³-hybridized carbons (Fsp3) is 0.0952. The second-order valence-electron chi connectivity index (χ2n) is 6.87. The fourth-order valence-corrected chi connectivity index (χ4v) is 4.80. The van der Waals surface area contributed by atoms with Crippen LogP contribution in [0.25, 0.3) is 21.7 Å². The van der Waals surface area contributed by atoms with Gasteiger partial charge < -0.3 is 19.7 Å². The number of halogens is 1. The van der Waals surface area contributed by atoms with Crippen LogP contribution in [0.2, 0.25) is 5.02 Å². The molecule has 0 saturated carbocycles. The molecule has 0 radical (unpaired) electrons. The summed E-state index contributed by atoms with van der Waals surface area (Å²) in [5.74, 6) is -0.791. The molecule has 29 heavy (non-hydrogen) atoms. The standard InChI is InChI=1S/C21H18ClN2O4P/c1-24-12-16(19-17(22)7-4-8-18(19)24)20(29(26,27)28)21(25)23-15-10-9-13-5-2-3-6-14(13)11-15/h2-12,20H,1H3,(H,23,25)(H2,26,27,28). The maximum atomic E-state index is 13.0. The van der Waals surface area contributed by atoms with Gasteiger partial charge in [-0.15, -0.1) is 0 Å². The van der Waals surface area contributed by atoms with Crippen molar-refractivity contribution in [2.24, 2.45) is 7.05 Å². The van der Waals surface area contributed by atoms with Gasteiger partial charge >= 0.3 is 7.60 Å². The lowest BCUT2D eigenvalue weighted by molar-refractivity contribution is -0.116. The monoisotopic (exact) mass is 428 g/mol. The van der Waals surface area contributed by atoms with Gasteiger partial charge in [0, 0.05) is 35.4 Å². The predicted octanol–water partition coefficient (Wildman–Crippen LogP) is 4.84. The summed E-state index contributed by atoms with van der Waals surface area (Å²) < 4.78 is 14.0. The van der Waals surface area contributed by atoms with Crippen LogP contribution in [0.5, 0.6) is 0 Å². The number of anilines is 1. The number of aromatic nitrogens is 1. The van der Waals surface area contributed by atoms with Crippen LogP contribution in [0, 0.1) is 0 Å². The van der Waals surface area contributed by atoms with Crippen molar-refractivity contribution >= 4 is 52.5 Å². The molecule has 3 aromatic carbocycles. The van der Waals surface area contributed by atoms with Crippen LogP contribution in [0.1, 0.15) is 11.2 Å². The van der Waals surface area contributed by atoms with Gasteiger partial charge in [-0.25, -0.2) is 0 Å². The van der Waals surface area contributed by atoms with E-state index in [1.165, 1.54) is 0 Å². The van der Waals surface area contributed by atoms with Gasteiger partial charge in [-0.3, -0.25) is 9.36 Å². The van der Waals surface area contributed by atoms with Gasteiger partial charge in [0.05, 0.1) is 5.02 Å². The molecule has 0 aliphatic carbocycles. The highest BCUT2D eigenvalue weighted by Crippen LogP contribution is 2.54. The Kier molecular flexibility index (Phi) is 4.97. The first-order chi connectivity index (χ1) is 13.8. The van der Waals surface area contributed by atoms with E-state index in [2.05, 4.69) is 5.32 Å². The number of carbonyl (C=O) groups is 1. The molecule has 6 nitrogen and oxygen atoms in total. The lowest BCUT2D eigenvalue weighted by Gasteiger charge is -2.18. The Hall–Kier alpha value is -2.63. The Labute approximate surface area is 171 Å². The van der Waals surface area contributed by atoms with E-state index in [0.29, 0.717) is 21.6 Å². The molecule has 148 valence electrons. The Morgan fingerprint density at radius 3 is 2.52 bits per heavy atom. The molecule has 0 aliphatic heterocycles. The zero-order chi connectivity index (χ0) is 20.8. The van der Waals surface area contributed by atoms with Crippen LogP contribution in [-0.2, 0) is 16.4 Å². The molecule has 1 unspecified atom stereocenters. The summed E-state index contributed by atoms with van der Waals surface area (Å²) in [6.45, 7) is 0.